The molecule has 0 bridgehead atoms. The van der Waals surface area contributed by atoms with Gasteiger partial charge in [-0.1, -0.05) is 60.7 Å². The molecule has 162 valence electrons. The SMILES string of the molecule is C(/CCc1ccccc1)=N\Nc1cc(N2CCOCC2)n2nc(-c3ccccc3)cc2n1. The normalized spacial score (nSPS) is 14.3. The Morgan fingerprint density at radius 1 is 0.969 bits per heavy atom. The van der Waals surface area contributed by atoms with Crippen LogP contribution >= 0.6 is 0 Å². The Bertz CT molecular complexity index is 1180. The van der Waals surface area contributed by atoms with E-state index in [1.165, 1.54) is 5.56 Å². The number of fused-ring (bicyclic) bond motifs is 1. The van der Waals surface area contributed by atoms with Gasteiger partial charge in [0, 0.05) is 37.0 Å². The lowest BCUT2D eigenvalue weighted by molar-refractivity contribution is 0.122. The number of benzene rings is 2. The van der Waals surface area contributed by atoms with E-state index in [0.717, 1.165) is 48.7 Å². The van der Waals surface area contributed by atoms with Crippen LogP contribution in [0.4, 0.5) is 11.6 Å². The van der Waals surface area contributed by atoms with Crippen LogP contribution in [0.2, 0.25) is 0 Å². The molecule has 2 aromatic carbocycles. The van der Waals surface area contributed by atoms with Crippen molar-refractivity contribution in [1.29, 1.82) is 0 Å². The summed E-state index contributed by atoms with van der Waals surface area (Å²) in [7, 11) is 0. The molecule has 5 rings (SSSR count). The van der Waals surface area contributed by atoms with Gasteiger partial charge in [-0.05, 0) is 18.4 Å². The summed E-state index contributed by atoms with van der Waals surface area (Å²) in [4.78, 5) is 7.03. The number of hydrogen-bond acceptors (Lipinski definition) is 6. The molecule has 7 nitrogen and oxygen atoms in total. The third-order valence-electron chi connectivity index (χ3n) is 5.49. The van der Waals surface area contributed by atoms with E-state index in [1.807, 2.05) is 47.1 Å². The smallest absolute Gasteiger partial charge is 0.160 e. The molecule has 0 aliphatic carbocycles. The van der Waals surface area contributed by atoms with Gasteiger partial charge in [-0.2, -0.15) is 14.7 Å². The van der Waals surface area contributed by atoms with E-state index in [9.17, 15) is 0 Å². The van der Waals surface area contributed by atoms with Gasteiger partial charge in [-0.15, -0.1) is 0 Å². The number of morpholine rings is 1. The zero-order chi connectivity index (χ0) is 21.6. The second-order valence-electron chi connectivity index (χ2n) is 7.71. The largest absolute Gasteiger partial charge is 0.378 e. The Balaban J connectivity index is 1.39. The molecular formula is C25H26N6O. The number of nitrogens with zero attached hydrogens (tertiary/aromatic N) is 5. The van der Waals surface area contributed by atoms with Crippen LogP contribution in [0.1, 0.15) is 12.0 Å². The van der Waals surface area contributed by atoms with Crippen molar-refractivity contribution in [3.8, 4) is 11.3 Å². The highest BCUT2D eigenvalue weighted by Crippen LogP contribution is 2.25. The molecule has 0 amide bonds. The van der Waals surface area contributed by atoms with Crippen LogP contribution in [0.15, 0.2) is 77.9 Å². The first-order chi connectivity index (χ1) is 15.9. The summed E-state index contributed by atoms with van der Waals surface area (Å²) in [6, 6.07) is 24.6. The van der Waals surface area contributed by atoms with Crippen molar-refractivity contribution in [3.05, 3.63) is 78.4 Å². The van der Waals surface area contributed by atoms with Crippen molar-refractivity contribution in [1.82, 2.24) is 14.6 Å². The maximum atomic E-state index is 5.54. The number of hydrazone groups is 1. The van der Waals surface area contributed by atoms with E-state index in [0.29, 0.717) is 19.0 Å². The number of aryl methyl sites for hydroxylation is 1. The summed E-state index contributed by atoms with van der Waals surface area (Å²) in [5.74, 6) is 1.69. The second kappa shape index (κ2) is 9.62. The molecule has 4 aromatic rings. The molecular weight excluding hydrogens is 400 g/mol. The van der Waals surface area contributed by atoms with Crippen LogP contribution in [0, 0.1) is 0 Å². The first-order valence-corrected chi connectivity index (χ1v) is 11.0. The number of rotatable bonds is 7. The molecule has 0 radical (unpaired) electrons. The highest BCUT2D eigenvalue weighted by molar-refractivity contribution is 5.68. The Hall–Kier alpha value is -3.71. The van der Waals surface area contributed by atoms with Crippen LogP contribution in [0.3, 0.4) is 0 Å². The van der Waals surface area contributed by atoms with E-state index in [2.05, 4.69) is 51.8 Å². The molecule has 7 heteroatoms. The van der Waals surface area contributed by atoms with Crippen LogP contribution in [-0.2, 0) is 11.2 Å². The minimum Gasteiger partial charge on any atom is -0.378 e. The third-order valence-corrected chi connectivity index (χ3v) is 5.49. The van der Waals surface area contributed by atoms with Crippen molar-refractivity contribution >= 4 is 23.5 Å². The van der Waals surface area contributed by atoms with Crippen molar-refractivity contribution in [2.24, 2.45) is 5.10 Å². The molecule has 1 fully saturated rings. The van der Waals surface area contributed by atoms with E-state index in [-0.39, 0.29) is 0 Å². The zero-order valence-electron chi connectivity index (χ0n) is 17.9. The number of ether oxygens (including phenoxy) is 1. The van der Waals surface area contributed by atoms with Crippen molar-refractivity contribution in [2.75, 3.05) is 36.6 Å². The van der Waals surface area contributed by atoms with E-state index < -0.39 is 0 Å². The molecule has 1 aliphatic heterocycles. The van der Waals surface area contributed by atoms with Crippen molar-refractivity contribution < 1.29 is 4.74 Å². The first kappa shape index (κ1) is 20.2. The average Bonchev–Trinajstić information content (AvgIpc) is 3.29. The number of nitrogens with one attached hydrogen (secondary N) is 1. The summed E-state index contributed by atoms with van der Waals surface area (Å²) in [5.41, 5.74) is 7.17. The monoisotopic (exact) mass is 426 g/mol. The first-order valence-electron chi connectivity index (χ1n) is 11.0. The highest BCUT2D eigenvalue weighted by atomic mass is 16.5. The second-order valence-corrected chi connectivity index (χ2v) is 7.71. The van der Waals surface area contributed by atoms with Gasteiger partial charge in [0.15, 0.2) is 11.5 Å². The summed E-state index contributed by atoms with van der Waals surface area (Å²) in [6.45, 7) is 3.05. The van der Waals surface area contributed by atoms with Gasteiger partial charge < -0.3 is 9.64 Å². The van der Waals surface area contributed by atoms with E-state index in [1.54, 1.807) is 0 Å². The molecule has 1 saturated heterocycles. The topological polar surface area (TPSA) is 67.0 Å². The highest BCUT2D eigenvalue weighted by Gasteiger charge is 2.18. The Morgan fingerprint density at radius 3 is 2.50 bits per heavy atom. The molecule has 0 spiro atoms. The maximum absolute atomic E-state index is 5.54. The molecule has 1 aliphatic rings. The van der Waals surface area contributed by atoms with Gasteiger partial charge in [0.1, 0.15) is 5.82 Å². The van der Waals surface area contributed by atoms with Gasteiger partial charge in [0.05, 0.1) is 18.9 Å². The van der Waals surface area contributed by atoms with Crippen LogP contribution in [0.25, 0.3) is 16.9 Å². The lowest BCUT2D eigenvalue weighted by Crippen LogP contribution is -2.37. The fraction of sp³-hybridized carbons (Fsp3) is 0.240. The quantitative estimate of drug-likeness (QED) is 0.353. The van der Waals surface area contributed by atoms with Gasteiger partial charge in [0.25, 0.3) is 0 Å². The number of aromatic nitrogens is 3. The van der Waals surface area contributed by atoms with Crippen molar-refractivity contribution in [3.63, 3.8) is 0 Å². The van der Waals surface area contributed by atoms with Gasteiger partial charge in [0.2, 0.25) is 0 Å². The van der Waals surface area contributed by atoms with Crippen LogP contribution in [-0.4, -0.2) is 47.1 Å². The molecule has 0 saturated carbocycles. The van der Waals surface area contributed by atoms with Gasteiger partial charge >= 0.3 is 0 Å². The molecule has 3 heterocycles. The summed E-state index contributed by atoms with van der Waals surface area (Å²) in [6.07, 6.45) is 3.72. The molecule has 0 atom stereocenters. The zero-order valence-corrected chi connectivity index (χ0v) is 17.9. The number of anilines is 2. The Morgan fingerprint density at radius 2 is 1.72 bits per heavy atom. The van der Waals surface area contributed by atoms with Gasteiger partial charge in [-0.25, -0.2) is 4.98 Å². The summed E-state index contributed by atoms with van der Waals surface area (Å²) in [5, 5.41) is 9.25. The summed E-state index contributed by atoms with van der Waals surface area (Å²) >= 11 is 0. The predicted octanol–water partition coefficient (Wildman–Crippen LogP) is 4.26. The lowest BCUT2D eigenvalue weighted by atomic mass is 10.1. The third kappa shape index (κ3) is 4.63. The molecule has 0 unspecified atom stereocenters. The maximum Gasteiger partial charge on any atom is 0.160 e. The molecule has 2 aromatic heterocycles. The minimum absolute atomic E-state index is 0.703. The van der Waals surface area contributed by atoms with E-state index >= 15 is 0 Å². The summed E-state index contributed by atoms with van der Waals surface area (Å²) < 4.78 is 7.45. The fourth-order valence-corrected chi connectivity index (χ4v) is 3.84. The van der Waals surface area contributed by atoms with Gasteiger partial charge in [-0.3, -0.25) is 5.43 Å². The van der Waals surface area contributed by atoms with Crippen molar-refractivity contribution in [2.45, 2.75) is 12.8 Å². The van der Waals surface area contributed by atoms with Crippen LogP contribution < -0.4 is 10.3 Å². The molecule has 1 N–H and O–H groups in total. The average molecular weight is 427 g/mol. The minimum atomic E-state index is 0.703. The van der Waals surface area contributed by atoms with E-state index in [4.69, 9.17) is 14.8 Å². The van der Waals surface area contributed by atoms with Crippen LogP contribution in [0.5, 0.6) is 0 Å². The Kier molecular flexibility index (Phi) is 6.07. The Labute approximate surface area is 187 Å². The number of hydrogen-bond donors (Lipinski definition) is 1. The molecule has 32 heavy (non-hydrogen) atoms. The fourth-order valence-electron chi connectivity index (χ4n) is 3.84. The predicted molar refractivity (Wildman–Crippen MR) is 128 cm³/mol. The standard InChI is InChI=1S/C25H26N6O/c1-3-8-20(9-4-1)10-7-13-26-28-23-19-25(30-14-16-32-17-15-30)31-24(27-23)18-22(29-31)21-11-5-2-6-12-21/h1-6,8-9,11-13,18-19H,7,10,14-17H2,(H,27,28)/b26-13+. The lowest BCUT2D eigenvalue weighted by Gasteiger charge is -2.29.